The summed E-state index contributed by atoms with van der Waals surface area (Å²) in [6.45, 7) is 6.41. The third-order valence-electron chi connectivity index (χ3n) is 13.8. The van der Waals surface area contributed by atoms with Crippen molar-refractivity contribution in [3.63, 3.8) is 0 Å². The SMILES string of the molecule is CC/C=C\C/C=C\C/C=C\C/C=C\CCCCCCCCCCCCCCCCC(=O)OCC(COC(=O)CCCCC/C=C\C/C=C\C/C=C\CC)OC(=O)CCCCCCCCC/C=C\CCCCCCCCC. The van der Waals surface area contributed by atoms with Gasteiger partial charge in [0.25, 0.3) is 0 Å². The van der Waals surface area contributed by atoms with Crippen LogP contribution >= 0.6 is 0 Å². The molecule has 0 spiro atoms. The molecule has 6 nitrogen and oxygen atoms in total. The van der Waals surface area contributed by atoms with Gasteiger partial charge in [-0.2, -0.15) is 0 Å². The van der Waals surface area contributed by atoms with E-state index in [2.05, 4.69) is 118 Å². The monoisotopic (exact) mass is 1060 g/mol. The van der Waals surface area contributed by atoms with Gasteiger partial charge in [-0.1, -0.05) is 272 Å². The van der Waals surface area contributed by atoms with Crippen molar-refractivity contribution >= 4 is 17.9 Å². The van der Waals surface area contributed by atoms with E-state index < -0.39 is 6.10 Å². The molecule has 0 radical (unpaired) electrons. The lowest BCUT2D eigenvalue weighted by Gasteiger charge is -2.18. The van der Waals surface area contributed by atoms with Crippen molar-refractivity contribution in [2.24, 2.45) is 0 Å². The van der Waals surface area contributed by atoms with Gasteiger partial charge in [0.1, 0.15) is 13.2 Å². The Balaban J connectivity index is 4.29. The van der Waals surface area contributed by atoms with E-state index in [4.69, 9.17) is 14.2 Å². The normalized spacial score (nSPS) is 12.7. The molecule has 1 unspecified atom stereocenters. The number of carbonyl (C=O) groups excluding carboxylic acids is 3. The highest BCUT2D eigenvalue weighted by Crippen LogP contribution is 2.16. The minimum atomic E-state index is -0.793. The molecular weight excluding hydrogens is 937 g/mol. The van der Waals surface area contributed by atoms with Crippen LogP contribution in [0.5, 0.6) is 0 Å². The second-order valence-electron chi connectivity index (χ2n) is 21.3. The average molecular weight is 1060 g/mol. The lowest BCUT2D eigenvalue weighted by atomic mass is 10.0. The number of rotatable bonds is 58. The highest BCUT2D eigenvalue weighted by Gasteiger charge is 2.19. The molecule has 0 rings (SSSR count). The number of hydrogen-bond donors (Lipinski definition) is 0. The first kappa shape index (κ1) is 72.3. The fourth-order valence-electron chi connectivity index (χ4n) is 9.03. The van der Waals surface area contributed by atoms with Crippen LogP contribution in [0.3, 0.4) is 0 Å². The molecule has 0 N–H and O–H groups in total. The van der Waals surface area contributed by atoms with Gasteiger partial charge in [0.15, 0.2) is 6.10 Å². The third-order valence-corrected chi connectivity index (χ3v) is 13.8. The molecule has 0 aliphatic carbocycles. The summed E-state index contributed by atoms with van der Waals surface area (Å²) in [5.41, 5.74) is 0. The zero-order valence-electron chi connectivity index (χ0n) is 50.0. The van der Waals surface area contributed by atoms with E-state index in [0.29, 0.717) is 19.3 Å². The van der Waals surface area contributed by atoms with Crippen LogP contribution in [0.4, 0.5) is 0 Å². The van der Waals surface area contributed by atoms with Crippen LogP contribution in [0.2, 0.25) is 0 Å². The zero-order valence-corrected chi connectivity index (χ0v) is 50.0. The number of ether oxygens (including phenoxy) is 3. The van der Waals surface area contributed by atoms with Crippen LogP contribution in [0, 0.1) is 0 Å². The van der Waals surface area contributed by atoms with E-state index in [9.17, 15) is 14.4 Å². The molecular formula is C70H120O6. The van der Waals surface area contributed by atoms with Crippen LogP contribution in [0.15, 0.2) is 97.2 Å². The van der Waals surface area contributed by atoms with Crippen LogP contribution in [0.25, 0.3) is 0 Å². The highest BCUT2D eigenvalue weighted by atomic mass is 16.6. The van der Waals surface area contributed by atoms with Crippen molar-refractivity contribution in [1.82, 2.24) is 0 Å². The standard InChI is InChI=1S/C70H120O6/c1-4-7-10-13-16-19-22-25-27-29-31-32-33-34-35-36-37-38-39-41-42-45-48-51-54-57-60-63-69(72)75-66-67(65-74-68(71)62-59-56-53-50-47-44-24-21-18-15-12-9-6-3)76-70(73)64-61-58-55-52-49-46-43-40-30-28-26-23-20-17-14-11-8-5-2/h7,9-10,12,16,18-19,21,25,27-28,30-32,44,47,67H,4-6,8,11,13-15,17,20,22-24,26,29,33-43,45-46,48-66H2,1-3H3/b10-7-,12-9-,19-16-,21-18-,27-25-,30-28-,32-31-,47-44-. The molecule has 0 aromatic heterocycles. The molecule has 0 aliphatic heterocycles. The van der Waals surface area contributed by atoms with E-state index in [-0.39, 0.29) is 31.1 Å². The maximum absolute atomic E-state index is 12.9. The Morgan fingerprint density at radius 1 is 0.276 bits per heavy atom. The fourth-order valence-corrected chi connectivity index (χ4v) is 9.03. The van der Waals surface area contributed by atoms with Crippen LogP contribution in [-0.4, -0.2) is 37.2 Å². The van der Waals surface area contributed by atoms with Crippen molar-refractivity contribution in [2.75, 3.05) is 13.2 Å². The number of allylic oxidation sites excluding steroid dienone is 16. The minimum Gasteiger partial charge on any atom is -0.462 e. The highest BCUT2D eigenvalue weighted by molar-refractivity contribution is 5.71. The van der Waals surface area contributed by atoms with Gasteiger partial charge >= 0.3 is 17.9 Å². The quantitative estimate of drug-likeness (QED) is 0.0261. The van der Waals surface area contributed by atoms with Gasteiger partial charge in [-0.15, -0.1) is 0 Å². The Morgan fingerprint density at radius 2 is 0.513 bits per heavy atom. The largest absolute Gasteiger partial charge is 0.462 e. The summed E-state index contributed by atoms with van der Waals surface area (Å²) in [5, 5.41) is 0. The van der Waals surface area contributed by atoms with Crippen molar-refractivity contribution < 1.29 is 28.6 Å². The van der Waals surface area contributed by atoms with Gasteiger partial charge in [-0.05, 0) is 116 Å². The van der Waals surface area contributed by atoms with Gasteiger partial charge in [-0.25, -0.2) is 0 Å². The number of hydrogen-bond acceptors (Lipinski definition) is 6. The second-order valence-corrected chi connectivity index (χ2v) is 21.3. The number of carbonyl (C=O) groups is 3. The van der Waals surface area contributed by atoms with Crippen LogP contribution in [0.1, 0.15) is 310 Å². The molecule has 1 atom stereocenters. The average Bonchev–Trinajstić information content (AvgIpc) is 3.42. The molecule has 0 fully saturated rings. The van der Waals surface area contributed by atoms with Crippen molar-refractivity contribution in [2.45, 2.75) is 316 Å². The smallest absolute Gasteiger partial charge is 0.306 e. The summed E-state index contributed by atoms with van der Waals surface area (Å²) in [4.78, 5) is 38.3. The van der Waals surface area contributed by atoms with Crippen molar-refractivity contribution in [1.29, 1.82) is 0 Å². The molecule has 436 valence electrons. The zero-order chi connectivity index (χ0) is 55.0. The third kappa shape index (κ3) is 61.2. The molecule has 0 bridgehead atoms. The van der Waals surface area contributed by atoms with Crippen LogP contribution in [-0.2, 0) is 28.6 Å². The predicted molar refractivity (Wildman–Crippen MR) is 330 cm³/mol. The van der Waals surface area contributed by atoms with Gasteiger partial charge < -0.3 is 14.2 Å². The molecule has 0 saturated carbocycles. The lowest BCUT2D eigenvalue weighted by Crippen LogP contribution is -2.30. The maximum atomic E-state index is 12.9. The van der Waals surface area contributed by atoms with Gasteiger partial charge in [0, 0.05) is 19.3 Å². The Kier molecular flexibility index (Phi) is 60.8. The first-order chi connectivity index (χ1) is 37.5. The van der Waals surface area contributed by atoms with E-state index in [1.54, 1.807) is 0 Å². The summed E-state index contributed by atoms with van der Waals surface area (Å²) in [6.07, 6.45) is 85.7. The molecule has 0 saturated heterocycles. The van der Waals surface area contributed by atoms with E-state index in [0.717, 1.165) is 109 Å². The molecule has 0 aromatic carbocycles. The summed E-state index contributed by atoms with van der Waals surface area (Å²) in [5.74, 6) is -0.913. The predicted octanol–water partition coefficient (Wildman–Crippen LogP) is 22.0. The summed E-state index contributed by atoms with van der Waals surface area (Å²) in [6, 6.07) is 0. The van der Waals surface area contributed by atoms with Gasteiger partial charge in [-0.3, -0.25) is 14.4 Å². The maximum Gasteiger partial charge on any atom is 0.306 e. The molecule has 0 aromatic rings. The molecule has 76 heavy (non-hydrogen) atoms. The molecule has 6 heteroatoms. The van der Waals surface area contributed by atoms with Gasteiger partial charge in [0.2, 0.25) is 0 Å². The Hall–Kier alpha value is -3.67. The molecule has 0 amide bonds. The van der Waals surface area contributed by atoms with Crippen molar-refractivity contribution in [3.05, 3.63) is 97.2 Å². The molecule has 0 aliphatic rings. The topological polar surface area (TPSA) is 78.9 Å². The number of unbranched alkanes of at least 4 members (excludes halogenated alkanes) is 31. The first-order valence-electron chi connectivity index (χ1n) is 32.2. The second kappa shape index (κ2) is 63.9. The minimum absolute atomic E-state index is 0.0875. The number of esters is 3. The van der Waals surface area contributed by atoms with Crippen molar-refractivity contribution in [3.8, 4) is 0 Å². The Bertz CT molecular complexity index is 1490. The van der Waals surface area contributed by atoms with E-state index in [1.165, 1.54) is 161 Å². The lowest BCUT2D eigenvalue weighted by molar-refractivity contribution is -0.167. The van der Waals surface area contributed by atoms with E-state index >= 15 is 0 Å². The summed E-state index contributed by atoms with van der Waals surface area (Å²) in [7, 11) is 0. The first-order valence-corrected chi connectivity index (χ1v) is 32.2. The Labute approximate surface area is 470 Å². The Morgan fingerprint density at radius 3 is 0.829 bits per heavy atom. The summed E-state index contributed by atoms with van der Waals surface area (Å²) < 4.78 is 16.9. The van der Waals surface area contributed by atoms with Crippen LogP contribution < -0.4 is 0 Å². The molecule has 0 heterocycles. The van der Waals surface area contributed by atoms with E-state index in [1.807, 2.05) is 0 Å². The fraction of sp³-hybridized carbons (Fsp3) is 0.729. The summed E-state index contributed by atoms with van der Waals surface area (Å²) >= 11 is 0. The van der Waals surface area contributed by atoms with Gasteiger partial charge in [0.05, 0.1) is 0 Å².